The topological polar surface area (TPSA) is 327 Å². The van der Waals surface area contributed by atoms with E-state index in [-0.39, 0.29) is 86.0 Å². The van der Waals surface area contributed by atoms with E-state index in [2.05, 4.69) is 57.5 Å². The highest BCUT2D eigenvalue weighted by Crippen LogP contribution is 2.22. The van der Waals surface area contributed by atoms with Gasteiger partial charge in [0.2, 0.25) is 52.9 Å². The van der Waals surface area contributed by atoms with Crippen LogP contribution in [0.3, 0.4) is 0 Å². The minimum absolute atomic E-state index is 0.0112. The van der Waals surface area contributed by atoms with E-state index in [0.717, 1.165) is 0 Å². The maximum absolute atomic E-state index is 13.2. The second kappa shape index (κ2) is 22.7. The minimum Gasteiger partial charge on any atom is -0.460 e. The lowest BCUT2D eigenvalue weighted by Gasteiger charge is -2.06. The molecule has 0 radical (unpaired) electrons. The summed E-state index contributed by atoms with van der Waals surface area (Å²) >= 11 is 0. The normalized spacial score (nSPS) is 10.8. The molecule has 27 heteroatoms. The Balaban J connectivity index is 0.907. The molecule has 0 aliphatic carbocycles. The fourth-order valence-corrected chi connectivity index (χ4v) is 6.78. The van der Waals surface area contributed by atoms with E-state index in [1.54, 1.807) is 93.6 Å². The Morgan fingerprint density at radius 1 is 0.437 bits per heavy atom. The molecular formula is C44H53N17O10. The van der Waals surface area contributed by atoms with Crippen LogP contribution in [0.1, 0.15) is 77.3 Å². The van der Waals surface area contributed by atoms with Crippen LogP contribution in [-0.4, -0.2) is 102 Å². The summed E-state index contributed by atoms with van der Waals surface area (Å²) in [6, 6.07) is 6.53. The molecule has 0 atom stereocenters. The van der Waals surface area contributed by atoms with Crippen molar-refractivity contribution in [1.29, 1.82) is 0 Å². The van der Waals surface area contributed by atoms with E-state index in [4.69, 9.17) is 4.74 Å². The number of carbonyl (C=O) groups is 9. The lowest BCUT2D eigenvalue weighted by molar-refractivity contribution is -0.121. The van der Waals surface area contributed by atoms with Crippen molar-refractivity contribution in [3.63, 3.8) is 0 Å². The smallest absolute Gasteiger partial charge is 0.374 e. The highest BCUT2D eigenvalue weighted by Gasteiger charge is 2.21. The number of carbonyl (C=O) groups excluding carboxylic acids is 9. The fourth-order valence-electron chi connectivity index (χ4n) is 6.78. The Hall–Kier alpha value is -9.30. The molecule has 8 N–H and O–H groups in total. The number of nitrogens with one attached hydrogen (secondary N) is 8. The third-order valence-electron chi connectivity index (χ3n) is 10.3. The molecule has 6 aromatic heterocycles. The van der Waals surface area contributed by atoms with E-state index in [9.17, 15) is 43.2 Å². The minimum atomic E-state index is -0.639. The van der Waals surface area contributed by atoms with E-state index >= 15 is 0 Å². The first-order chi connectivity index (χ1) is 33.7. The van der Waals surface area contributed by atoms with Crippen LogP contribution >= 0.6 is 0 Å². The first-order valence-corrected chi connectivity index (χ1v) is 21.9. The predicted molar refractivity (Wildman–Crippen MR) is 257 cm³/mol. The number of aryl methyl sites for hydroxylation is 6. The Bertz CT molecular complexity index is 3020. The zero-order chi connectivity index (χ0) is 51.5. The van der Waals surface area contributed by atoms with E-state index in [0.29, 0.717) is 28.8 Å². The number of hydrogen-bond donors (Lipinski definition) is 8. The van der Waals surface area contributed by atoms with Crippen molar-refractivity contribution in [2.75, 3.05) is 49.1 Å². The Morgan fingerprint density at radius 3 is 1.15 bits per heavy atom. The number of amides is 8. The van der Waals surface area contributed by atoms with Gasteiger partial charge in [-0.15, -0.1) is 0 Å². The van der Waals surface area contributed by atoms with Gasteiger partial charge in [-0.25, -0.2) is 19.7 Å². The zero-order valence-electron chi connectivity index (χ0n) is 39.8. The summed E-state index contributed by atoms with van der Waals surface area (Å²) < 4.78 is 14.0. The van der Waals surface area contributed by atoms with Crippen LogP contribution in [0.2, 0.25) is 0 Å². The zero-order valence-corrected chi connectivity index (χ0v) is 39.8. The number of rotatable bonds is 21. The largest absolute Gasteiger partial charge is 0.460 e. The molecular weight excluding hydrogens is 927 g/mol. The van der Waals surface area contributed by atoms with E-state index in [1.165, 1.54) is 44.4 Å². The van der Waals surface area contributed by atoms with Crippen molar-refractivity contribution >= 4 is 99.5 Å². The summed E-state index contributed by atoms with van der Waals surface area (Å²) in [4.78, 5) is 126. The van der Waals surface area contributed by atoms with Crippen molar-refractivity contribution in [2.45, 2.75) is 45.4 Å². The third kappa shape index (κ3) is 13.9. The molecule has 6 rings (SSSR count). The molecule has 8 amide bonds. The summed E-state index contributed by atoms with van der Waals surface area (Å²) in [7, 11) is 9.75. The van der Waals surface area contributed by atoms with Gasteiger partial charge in [0.05, 0.1) is 18.0 Å². The van der Waals surface area contributed by atoms with Crippen LogP contribution in [-0.2, 0) is 75.8 Å². The van der Waals surface area contributed by atoms with Gasteiger partial charge in [-0.1, -0.05) is 0 Å². The average molecular weight is 980 g/mol. The second-order valence-electron chi connectivity index (χ2n) is 16.1. The number of esters is 1. The van der Waals surface area contributed by atoms with Crippen molar-refractivity contribution in [3.8, 4) is 0 Å². The molecule has 6 heterocycles. The van der Waals surface area contributed by atoms with E-state index < -0.39 is 47.3 Å². The van der Waals surface area contributed by atoms with Gasteiger partial charge in [-0.3, -0.25) is 38.4 Å². The van der Waals surface area contributed by atoms with Crippen molar-refractivity contribution < 1.29 is 47.9 Å². The molecule has 0 bridgehead atoms. The number of imidazole rings is 3. The molecule has 27 nitrogen and oxygen atoms in total. The lowest BCUT2D eigenvalue weighted by Crippen LogP contribution is -2.19. The number of ether oxygens (including phenoxy) is 1. The SMILES string of the molecule is CCOC(=O)c1nc(NC(=O)CCC(=O)Nc2cc(NC(=O)c3nc(NC(=O)CCC(=O)Nc4cc(NC(=O)c5nc(NC(=O)CCC(=O)Nc6cccn6C)cn5C)cn4C)cn3C)cn2C)cn1C. The molecule has 6 aromatic rings. The number of nitrogens with zero attached hydrogens (tertiary/aromatic N) is 9. The van der Waals surface area contributed by atoms with Crippen molar-refractivity contribution in [1.82, 2.24) is 42.4 Å². The van der Waals surface area contributed by atoms with Crippen LogP contribution in [0.25, 0.3) is 0 Å². The van der Waals surface area contributed by atoms with Crippen LogP contribution in [0.5, 0.6) is 0 Å². The van der Waals surface area contributed by atoms with Crippen molar-refractivity contribution in [2.24, 2.45) is 42.3 Å². The van der Waals surface area contributed by atoms with Crippen LogP contribution in [0.15, 0.2) is 61.4 Å². The van der Waals surface area contributed by atoms with Crippen LogP contribution in [0, 0.1) is 0 Å². The lowest BCUT2D eigenvalue weighted by atomic mass is 10.3. The standard InChI is InChI=1S/C44H53N17O10/c1-8-71-44(70)41-52-29(24-61(41)7)49-35(64)13-16-38(67)55-32-19-26(21-58(32)4)46-43(69)40-51-28(23-60(40)6)48-34(63)12-15-37(66)54-31-18-25(20-57(31)3)45-42(68)39-50-27(22-59(39)5)47-33(62)11-14-36(65)53-30-10-9-17-56(30)2/h9-10,17-24H,8,11-16H2,1-7H3,(H,45,68)(H,46,69)(H,47,62)(H,48,63)(H,49,64)(H,53,65)(H,54,66)(H,55,67). The van der Waals surface area contributed by atoms with Gasteiger partial charge in [0.15, 0.2) is 17.5 Å². The van der Waals surface area contributed by atoms with Gasteiger partial charge >= 0.3 is 5.97 Å². The molecule has 374 valence electrons. The fraction of sp³-hybridized carbons (Fsp3) is 0.318. The Morgan fingerprint density at radius 2 is 0.789 bits per heavy atom. The monoisotopic (exact) mass is 979 g/mol. The Kier molecular flexibility index (Phi) is 16.3. The molecule has 0 fully saturated rings. The van der Waals surface area contributed by atoms with Crippen LogP contribution < -0.4 is 42.5 Å². The maximum Gasteiger partial charge on any atom is 0.374 e. The van der Waals surface area contributed by atoms with Gasteiger partial charge in [-0.05, 0) is 19.1 Å². The highest BCUT2D eigenvalue weighted by atomic mass is 16.5. The highest BCUT2D eigenvalue weighted by molar-refractivity contribution is 6.05. The van der Waals surface area contributed by atoms with Gasteiger partial charge in [0, 0.05) is 130 Å². The number of anilines is 8. The van der Waals surface area contributed by atoms with Gasteiger partial charge in [0.25, 0.3) is 11.8 Å². The molecule has 0 aliphatic rings. The van der Waals surface area contributed by atoms with Gasteiger partial charge in [-0.2, -0.15) is 0 Å². The van der Waals surface area contributed by atoms with E-state index in [1.807, 2.05) is 0 Å². The average Bonchev–Trinajstić information content (AvgIpc) is 4.17. The maximum atomic E-state index is 13.2. The summed E-state index contributed by atoms with van der Waals surface area (Å²) in [6.45, 7) is 1.82. The summed E-state index contributed by atoms with van der Waals surface area (Å²) in [6.07, 6.45) is 8.22. The van der Waals surface area contributed by atoms with Gasteiger partial charge in [0.1, 0.15) is 17.5 Å². The molecule has 0 unspecified atom stereocenters. The summed E-state index contributed by atoms with van der Waals surface area (Å²) in [5, 5.41) is 21.2. The second-order valence-corrected chi connectivity index (χ2v) is 16.1. The molecule has 0 aromatic carbocycles. The third-order valence-corrected chi connectivity index (χ3v) is 10.3. The first kappa shape index (κ1) is 51.1. The summed E-state index contributed by atoms with van der Waals surface area (Å²) in [5.74, 6) is -3.22. The molecule has 0 saturated heterocycles. The Labute approximate surface area is 404 Å². The number of aromatic nitrogens is 9. The molecule has 0 saturated carbocycles. The summed E-state index contributed by atoms with van der Waals surface area (Å²) in [5.41, 5.74) is 0.638. The van der Waals surface area contributed by atoms with Crippen LogP contribution in [0.4, 0.5) is 46.3 Å². The molecule has 0 spiro atoms. The molecule has 71 heavy (non-hydrogen) atoms. The van der Waals surface area contributed by atoms with Gasteiger partial charge < -0.3 is 74.7 Å². The predicted octanol–water partition coefficient (Wildman–Crippen LogP) is 2.66. The first-order valence-electron chi connectivity index (χ1n) is 21.9. The quantitative estimate of drug-likeness (QED) is 0.0482. The molecule has 0 aliphatic heterocycles. The van der Waals surface area contributed by atoms with Crippen molar-refractivity contribution in [3.05, 3.63) is 78.9 Å². The number of hydrogen-bond acceptors (Lipinski definition) is 13.